The van der Waals surface area contributed by atoms with Crippen LogP contribution in [-0.4, -0.2) is 45.3 Å². The number of methoxy groups -OCH3 is 2. The minimum atomic E-state index is -0.423. The molecule has 2 aromatic carbocycles. The molecule has 28 heavy (non-hydrogen) atoms. The summed E-state index contributed by atoms with van der Waals surface area (Å²) in [6.07, 6.45) is 0.364. The van der Waals surface area contributed by atoms with Crippen molar-refractivity contribution in [2.24, 2.45) is 0 Å². The molecule has 8 heteroatoms. The van der Waals surface area contributed by atoms with Crippen molar-refractivity contribution in [1.29, 1.82) is 0 Å². The Balaban J connectivity index is 1.75. The largest absolute Gasteiger partial charge is 0.493 e. The summed E-state index contributed by atoms with van der Waals surface area (Å²) in [5.41, 5.74) is 1.97. The second-order valence-corrected chi connectivity index (χ2v) is 7.00. The average molecular weight is 405 g/mol. The van der Waals surface area contributed by atoms with Gasteiger partial charge in [-0.2, -0.15) is 0 Å². The summed E-state index contributed by atoms with van der Waals surface area (Å²) in [4.78, 5) is 14.6. The van der Waals surface area contributed by atoms with Gasteiger partial charge < -0.3 is 29.2 Å². The van der Waals surface area contributed by atoms with Crippen LogP contribution < -0.4 is 24.3 Å². The van der Waals surface area contributed by atoms with Crippen LogP contribution in [-0.2, 0) is 0 Å². The molecule has 2 aliphatic rings. The highest BCUT2D eigenvalue weighted by molar-refractivity contribution is 6.32. The monoisotopic (exact) mass is 404 g/mol. The number of fused-ring (bicyclic) bond motifs is 2. The first-order valence-corrected chi connectivity index (χ1v) is 9.30. The van der Waals surface area contributed by atoms with E-state index < -0.39 is 6.17 Å². The molecule has 7 nitrogen and oxygen atoms in total. The highest BCUT2D eigenvalue weighted by Crippen LogP contribution is 2.43. The molecule has 0 bridgehead atoms. The molecule has 1 amide bonds. The number of nitrogens with zero attached hydrogens (tertiary/aromatic N) is 1. The standard InChI is InChI=1S/C20H21ClN2O5/c1-23-19(11-7-13(21)18-17(8-11)27-5-4-6-28-18)22-14-10-16(26-3)15(25-2)9-12(14)20(23)24/h7-10,19,22H,4-6H2,1-3H3/t19-/m1/s1. The van der Waals surface area contributed by atoms with Gasteiger partial charge in [-0.25, -0.2) is 0 Å². The van der Waals surface area contributed by atoms with Crippen LogP contribution in [0.25, 0.3) is 0 Å². The number of hydrogen-bond donors (Lipinski definition) is 1. The first kappa shape index (κ1) is 18.6. The fraction of sp³-hybridized carbons (Fsp3) is 0.350. The summed E-state index contributed by atoms with van der Waals surface area (Å²) >= 11 is 6.44. The SMILES string of the molecule is COc1cc2c(cc1OC)C(=O)N(C)[C@H](c1cc(Cl)c3c(c1)OCCCO3)N2. The second-order valence-electron chi connectivity index (χ2n) is 6.60. The molecule has 2 aliphatic heterocycles. The van der Waals surface area contributed by atoms with Crippen LogP contribution in [0.15, 0.2) is 24.3 Å². The normalized spacial score (nSPS) is 18.1. The molecule has 2 heterocycles. The third-order valence-corrected chi connectivity index (χ3v) is 5.17. The number of rotatable bonds is 3. The van der Waals surface area contributed by atoms with Gasteiger partial charge in [-0.1, -0.05) is 11.6 Å². The smallest absolute Gasteiger partial charge is 0.257 e. The first-order chi connectivity index (χ1) is 13.5. The lowest BCUT2D eigenvalue weighted by atomic mass is 10.0. The van der Waals surface area contributed by atoms with E-state index in [2.05, 4.69) is 5.32 Å². The van der Waals surface area contributed by atoms with E-state index in [1.807, 2.05) is 6.07 Å². The molecular formula is C20H21ClN2O5. The maximum atomic E-state index is 13.0. The van der Waals surface area contributed by atoms with Crippen molar-refractivity contribution >= 4 is 23.2 Å². The molecule has 0 spiro atoms. The van der Waals surface area contributed by atoms with Crippen molar-refractivity contribution in [2.75, 3.05) is 39.8 Å². The van der Waals surface area contributed by atoms with Gasteiger partial charge in [0, 0.05) is 25.1 Å². The van der Waals surface area contributed by atoms with Gasteiger partial charge in [-0.15, -0.1) is 0 Å². The zero-order valence-corrected chi connectivity index (χ0v) is 16.6. The highest BCUT2D eigenvalue weighted by Gasteiger charge is 2.33. The van der Waals surface area contributed by atoms with E-state index >= 15 is 0 Å². The molecular weight excluding hydrogens is 384 g/mol. The van der Waals surface area contributed by atoms with Crippen LogP contribution in [0.5, 0.6) is 23.0 Å². The number of halogens is 1. The van der Waals surface area contributed by atoms with Gasteiger partial charge in [0.15, 0.2) is 23.0 Å². The summed E-state index contributed by atoms with van der Waals surface area (Å²) in [5, 5.41) is 3.84. The van der Waals surface area contributed by atoms with Crippen molar-refractivity contribution in [3.8, 4) is 23.0 Å². The van der Waals surface area contributed by atoms with Crippen LogP contribution in [0.1, 0.15) is 28.5 Å². The van der Waals surface area contributed by atoms with Crippen LogP contribution in [0.2, 0.25) is 5.02 Å². The van der Waals surface area contributed by atoms with E-state index in [-0.39, 0.29) is 5.91 Å². The highest BCUT2D eigenvalue weighted by atomic mass is 35.5. The summed E-state index contributed by atoms with van der Waals surface area (Å²) in [7, 11) is 4.83. The zero-order valence-electron chi connectivity index (χ0n) is 15.9. The molecule has 1 atom stereocenters. The Kier molecular flexibility index (Phi) is 4.85. The van der Waals surface area contributed by atoms with Crippen molar-refractivity contribution in [2.45, 2.75) is 12.6 Å². The van der Waals surface area contributed by atoms with E-state index in [0.717, 1.165) is 12.0 Å². The Bertz CT molecular complexity index is 933. The van der Waals surface area contributed by atoms with E-state index in [1.165, 1.54) is 7.11 Å². The predicted octanol–water partition coefficient (Wildman–Crippen LogP) is 3.71. The van der Waals surface area contributed by atoms with Gasteiger partial charge in [-0.05, 0) is 18.2 Å². The average Bonchev–Trinajstić information content (AvgIpc) is 2.95. The number of anilines is 1. The van der Waals surface area contributed by atoms with Crippen molar-refractivity contribution in [1.82, 2.24) is 4.90 Å². The summed E-state index contributed by atoms with van der Waals surface area (Å²) in [5.74, 6) is 2.03. The maximum absolute atomic E-state index is 13.0. The van der Waals surface area contributed by atoms with Crippen molar-refractivity contribution in [3.63, 3.8) is 0 Å². The maximum Gasteiger partial charge on any atom is 0.257 e. The molecule has 0 aliphatic carbocycles. The molecule has 0 unspecified atom stereocenters. The minimum Gasteiger partial charge on any atom is -0.493 e. The van der Waals surface area contributed by atoms with Crippen molar-refractivity contribution < 1.29 is 23.7 Å². The van der Waals surface area contributed by atoms with Gasteiger partial charge >= 0.3 is 0 Å². The molecule has 0 aromatic heterocycles. The van der Waals surface area contributed by atoms with Gasteiger partial charge in [0.05, 0.1) is 43.7 Å². The topological polar surface area (TPSA) is 69.3 Å². The number of nitrogens with one attached hydrogen (secondary N) is 1. The number of ether oxygens (including phenoxy) is 4. The zero-order chi connectivity index (χ0) is 19.8. The number of benzene rings is 2. The number of amides is 1. The Hall–Kier alpha value is -2.80. The Morgan fingerprint density at radius 3 is 2.57 bits per heavy atom. The molecule has 2 aromatic rings. The molecule has 0 fully saturated rings. The Labute approximate surface area is 168 Å². The predicted molar refractivity (Wildman–Crippen MR) is 105 cm³/mol. The fourth-order valence-corrected chi connectivity index (χ4v) is 3.72. The molecule has 4 rings (SSSR count). The molecule has 148 valence electrons. The summed E-state index contributed by atoms with van der Waals surface area (Å²) in [6.45, 7) is 1.11. The summed E-state index contributed by atoms with van der Waals surface area (Å²) < 4.78 is 22.2. The molecule has 0 saturated heterocycles. The van der Waals surface area contributed by atoms with E-state index in [0.29, 0.717) is 52.5 Å². The third-order valence-electron chi connectivity index (χ3n) is 4.89. The molecule has 1 N–H and O–H groups in total. The minimum absolute atomic E-state index is 0.136. The number of carbonyl (C=O) groups excluding carboxylic acids is 1. The van der Waals surface area contributed by atoms with E-state index in [1.54, 1.807) is 37.3 Å². The Morgan fingerprint density at radius 2 is 1.82 bits per heavy atom. The van der Waals surface area contributed by atoms with E-state index in [9.17, 15) is 4.79 Å². The summed E-state index contributed by atoms with van der Waals surface area (Å²) in [6, 6.07) is 7.09. The fourth-order valence-electron chi connectivity index (χ4n) is 3.44. The van der Waals surface area contributed by atoms with Gasteiger partial charge in [-0.3, -0.25) is 4.79 Å². The van der Waals surface area contributed by atoms with Crippen LogP contribution in [0, 0.1) is 0 Å². The van der Waals surface area contributed by atoms with Gasteiger partial charge in [0.2, 0.25) is 0 Å². The van der Waals surface area contributed by atoms with Crippen molar-refractivity contribution in [3.05, 3.63) is 40.4 Å². The quantitative estimate of drug-likeness (QED) is 0.840. The lowest BCUT2D eigenvalue weighted by molar-refractivity contribution is 0.0734. The second kappa shape index (κ2) is 7.31. The first-order valence-electron chi connectivity index (χ1n) is 8.92. The molecule has 0 saturated carbocycles. The van der Waals surface area contributed by atoms with Crippen LogP contribution in [0.3, 0.4) is 0 Å². The van der Waals surface area contributed by atoms with Crippen LogP contribution in [0.4, 0.5) is 5.69 Å². The lowest BCUT2D eigenvalue weighted by Crippen LogP contribution is -2.40. The van der Waals surface area contributed by atoms with Gasteiger partial charge in [0.25, 0.3) is 5.91 Å². The molecule has 0 radical (unpaired) electrons. The Morgan fingerprint density at radius 1 is 1.11 bits per heavy atom. The number of hydrogen-bond acceptors (Lipinski definition) is 6. The third kappa shape index (κ3) is 3.05. The van der Waals surface area contributed by atoms with E-state index in [4.69, 9.17) is 30.5 Å². The number of carbonyl (C=O) groups is 1. The lowest BCUT2D eigenvalue weighted by Gasteiger charge is -2.36. The van der Waals surface area contributed by atoms with Gasteiger partial charge in [0.1, 0.15) is 6.17 Å². The van der Waals surface area contributed by atoms with Crippen LogP contribution >= 0.6 is 11.6 Å².